The molecule has 0 fully saturated rings. The largest absolute Gasteiger partial charge is 0.392 e. The van der Waals surface area contributed by atoms with Crippen LogP contribution < -0.4 is 0 Å². The Kier molecular flexibility index (Phi) is 13.8. The van der Waals surface area contributed by atoms with E-state index in [4.69, 9.17) is 5.11 Å². The Morgan fingerprint density at radius 1 is 0.968 bits per heavy atom. The van der Waals surface area contributed by atoms with E-state index in [-0.39, 0.29) is 26.2 Å². The zero-order chi connectivity index (χ0) is 23.5. The van der Waals surface area contributed by atoms with Gasteiger partial charge in [-0.15, -0.1) is 0 Å². The number of halogens is 2. The molecule has 31 heavy (non-hydrogen) atoms. The summed E-state index contributed by atoms with van der Waals surface area (Å²) in [6, 6.07) is 6.30. The van der Waals surface area contributed by atoms with Gasteiger partial charge in [-0.2, -0.15) is 17.2 Å². The smallest absolute Gasteiger partial charge is 0.305 e. The van der Waals surface area contributed by atoms with Gasteiger partial charge in [0.05, 0.1) is 29.3 Å². The average molecular weight is 458 g/mol. The lowest BCUT2D eigenvalue weighted by Crippen LogP contribution is -2.03. The fraction of sp³-hybridized carbons (Fsp3) is 0.250. The number of hydrogen-bond donors (Lipinski definition) is 1. The second-order valence-corrected chi connectivity index (χ2v) is 6.85. The maximum atomic E-state index is 12.9. The van der Waals surface area contributed by atoms with Crippen molar-refractivity contribution >= 4 is 37.0 Å². The van der Waals surface area contributed by atoms with Crippen LogP contribution in [0.15, 0.2) is 36.4 Å². The molecule has 4 radical (unpaired) electrons. The van der Waals surface area contributed by atoms with Crippen LogP contribution in [-0.2, 0) is 27.5 Å². The summed E-state index contributed by atoms with van der Waals surface area (Å²) in [6.45, 7) is -0.693. The summed E-state index contributed by atoms with van der Waals surface area (Å²) in [5.74, 6) is -1.87. The van der Waals surface area contributed by atoms with Crippen LogP contribution in [0, 0.1) is 31.9 Å². The molecular weight excluding hydrogens is 440 g/mol. The summed E-state index contributed by atoms with van der Waals surface area (Å²) in [6.07, 6.45) is 0.852. The molecule has 0 spiro atoms. The molecule has 0 bridgehead atoms. The van der Waals surface area contributed by atoms with Crippen LogP contribution in [0.2, 0.25) is 0 Å². The van der Waals surface area contributed by atoms with Gasteiger partial charge in [0.15, 0.2) is 0 Å². The molecule has 0 aromatic heterocycles. The van der Waals surface area contributed by atoms with E-state index in [0.717, 1.165) is 30.5 Å². The summed E-state index contributed by atoms with van der Waals surface area (Å²) >= 11 is 0. The van der Waals surface area contributed by atoms with Crippen molar-refractivity contribution < 1.29 is 36.3 Å². The van der Waals surface area contributed by atoms with Crippen molar-refractivity contribution in [3.8, 4) is 0 Å². The molecule has 2 aromatic rings. The van der Waals surface area contributed by atoms with Crippen LogP contribution in [0.5, 0.6) is 0 Å². The first-order valence-corrected chi connectivity index (χ1v) is 9.40. The molecule has 0 aliphatic heterocycles. The minimum Gasteiger partial charge on any atom is -0.392 e. The maximum Gasteiger partial charge on any atom is 0.305 e. The number of nitrogens with zero attached hydrogens (tertiary/aromatic N) is 2. The quantitative estimate of drug-likeness (QED) is 0.300. The number of aliphatic hydroxyl groups is 1. The fourth-order valence-corrected chi connectivity index (χ4v) is 2.11. The lowest BCUT2D eigenvalue weighted by molar-refractivity contribution is -0.387. The van der Waals surface area contributed by atoms with Gasteiger partial charge in [-0.05, 0) is 23.3 Å². The van der Waals surface area contributed by atoms with Gasteiger partial charge in [-0.3, -0.25) is 24.4 Å². The number of nitro benzene ring substituents is 2. The number of nitro groups is 2. The van der Waals surface area contributed by atoms with E-state index in [1.807, 2.05) is 0 Å². The Hall–Kier alpha value is -2.90. The molecule has 0 saturated heterocycles. The van der Waals surface area contributed by atoms with Crippen molar-refractivity contribution in [1.82, 2.24) is 0 Å². The Labute approximate surface area is 180 Å². The highest BCUT2D eigenvalue weighted by Crippen LogP contribution is 2.19. The zero-order valence-corrected chi connectivity index (χ0v) is 16.2. The summed E-state index contributed by atoms with van der Waals surface area (Å²) in [5.41, 5.74) is -0.794. The molecule has 10 nitrogen and oxygen atoms in total. The third-order valence-electron chi connectivity index (χ3n) is 3.04. The first-order chi connectivity index (χ1) is 13.9. The van der Waals surface area contributed by atoms with Gasteiger partial charge in [0.2, 0.25) is 11.6 Å². The predicted octanol–water partition coefficient (Wildman–Crippen LogP) is 2.31. The third-order valence-corrected chi connectivity index (χ3v) is 3.58. The van der Waals surface area contributed by atoms with Gasteiger partial charge in [0.1, 0.15) is 0 Å². The normalized spacial score (nSPS) is 9.81. The first-order valence-electron chi connectivity index (χ1n) is 7.59. The number of rotatable bonds is 6. The molecule has 0 aliphatic rings. The minimum atomic E-state index is -3.63. The van der Waals surface area contributed by atoms with Crippen molar-refractivity contribution in [2.24, 2.45) is 0 Å². The van der Waals surface area contributed by atoms with E-state index in [1.165, 1.54) is 12.1 Å². The molecular formula is C16H18B2F2N2O8S. The van der Waals surface area contributed by atoms with Crippen LogP contribution >= 0.6 is 0 Å². The molecule has 0 amide bonds. The zero-order valence-electron chi connectivity index (χ0n) is 15.4. The molecule has 1 N–H and O–H groups in total. The molecule has 0 heterocycles. The topological polar surface area (TPSA) is 150 Å². The molecule has 0 unspecified atom stereocenters. The summed E-state index contributed by atoms with van der Waals surface area (Å²) < 4.78 is 51.3. The van der Waals surface area contributed by atoms with Crippen molar-refractivity contribution in [2.75, 3.05) is 6.26 Å². The van der Waals surface area contributed by atoms with Crippen LogP contribution in [0.25, 0.3) is 0 Å². The van der Waals surface area contributed by atoms with Crippen molar-refractivity contribution in [1.29, 1.82) is 0 Å². The number of hydrogen-bond acceptors (Lipinski definition) is 8. The Morgan fingerprint density at radius 2 is 1.35 bits per heavy atom. The molecule has 166 valence electrons. The highest BCUT2D eigenvalue weighted by Gasteiger charge is 2.15. The van der Waals surface area contributed by atoms with E-state index in [0.29, 0.717) is 5.56 Å². The van der Waals surface area contributed by atoms with E-state index < -0.39 is 43.0 Å². The predicted molar refractivity (Wildman–Crippen MR) is 110 cm³/mol. The number of aliphatic hydroxyl groups excluding tert-OH is 1. The van der Waals surface area contributed by atoms with Gasteiger partial charge in [0.25, 0.3) is 10.1 Å². The highest BCUT2D eigenvalue weighted by molar-refractivity contribution is 7.85. The molecule has 15 heteroatoms. The SMILES string of the molecule is C.CS(=O)(=O)OCc1ccc(F)c([N+](=O)[O-])c1.O=[N+]([O-])c1cc(CO)ccc1F.[B][B]. The van der Waals surface area contributed by atoms with E-state index in [1.54, 1.807) is 0 Å². The molecule has 0 aliphatic carbocycles. The van der Waals surface area contributed by atoms with E-state index in [9.17, 15) is 37.4 Å². The minimum absolute atomic E-state index is 0. The van der Waals surface area contributed by atoms with Gasteiger partial charge in [-0.25, -0.2) is 0 Å². The third kappa shape index (κ3) is 11.2. The van der Waals surface area contributed by atoms with E-state index >= 15 is 0 Å². The average Bonchev–Trinajstić information content (AvgIpc) is 2.68. The Balaban J connectivity index is 0. The first kappa shape index (κ1) is 30.3. The summed E-state index contributed by atoms with van der Waals surface area (Å²) in [4.78, 5) is 18.8. The molecule has 2 rings (SSSR count). The highest BCUT2D eigenvalue weighted by atomic mass is 32.2. The van der Waals surface area contributed by atoms with Gasteiger partial charge >= 0.3 is 11.4 Å². The van der Waals surface area contributed by atoms with Gasteiger partial charge in [0, 0.05) is 27.6 Å². The van der Waals surface area contributed by atoms with Crippen molar-refractivity contribution in [3.63, 3.8) is 0 Å². The van der Waals surface area contributed by atoms with E-state index in [2.05, 4.69) is 19.7 Å². The van der Waals surface area contributed by atoms with Crippen LogP contribution in [0.1, 0.15) is 18.6 Å². The number of benzene rings is 2. The maximum absolute atomic E-state index is 12.9. The Bertz CT molecular complexity index is 994. The standard InChI is InChI=1S/C8H8FNO5S.C7H6FNO3.CH4.B2/c1-16(13,14)15-5-6-2-3-7(9)8(4-6)10(11)12;8-6-2-1-5(4-10)3-7(6)9(11)12;;1-2/h2-4H,5H2,1H3;1-3,10H,4H2;1H4;. The monoisotopic (exact) mass is 458 g/mol. The summed E-state index contributed by atoms with van der Waals surface area (Å²) in [5, 5.41) is 29.1. The second-order valence-electron chi connectivity index (χ2n) is 5.21. The fourth-order valence-electron chi connectivity index (χ4n) is 1.76. The lowest BCUT2D eigenvalue weighted by atomic mass is 9.81. The second kappa shape index (κ2) is 14.2. The van der Waals surface area contributed by atoms with Crippen LogP contribution in [0.3, 0.4) is 0 Å². The van der Waals surface area contributed by atoms with Crippen LogP contribution in [0.4, 0.5) is 20.2 Å². The Morgan fingerprint density at radius 3 is 1.71 bits per heavy atom. The molecule has 2 aromatic carbocycles. The molecule has 0 atom stereocenters. The van der Waals surface area contributed by atoms with Gasteiger partial charge < -0.3 is 5.11 Å². The van der Waals surface area contributed by atoms with Crippen molar-refractivity contribution in [2.45, 2.75) is 20.6 Å². The van der Waals surface area contributed by atoms with Crippen LogP contribution in [-0.4, -0.2) is 45.1 Å². The lowest BCUT2D eigenvalue weighted by Gasteiger charge is -2.01. The molecule has 0 saturated carbocycles. The summed E-state index contributed by atoms with van der Waals surface area (Å²) in [7, 11) is 4.37. The van der Waals surface area contributed by atoms with Gasteiger partial charge in [-0.1, -0.05) is 19.6 Å². The van der Waals surface area contributed by atoms with Crippen molar-refractivity contribution in [3.05, 3.63) is 79.4 Å².